The fourth-order valence-electron chi connectivity index (χ4n) is 3.21. The van der Waals surface area contributed by atoms with Crippen molar-refractivity contribution >= 4 is 11.4 Å². The van der Waals surface area contributed by atoms with Crippen molar-refractivity contribution < 1.29 is 13.2 Å². The number of benzene rings is 2. The highest BCUT2D eigenvalue weighted by Gasteiger charge is 2.30. The summed E-state index contributed by atoms with van der Waals surface area (Å²) in [6.07, 6.45) is -4.29. The number of halogens is 3. The van der Waals surface area contributed by atoms with E-state index in [9.17, 15) is 13.2 Å². The molecule has 0 spiro atoms. The predicted molar refractivity (Wildman–Crippen MR) is 94.9 cm³/mol. The Bertz CT molecular complexity index is 718. The van der Waals surface area contributed by atoms with Crippen LogP contribution in [0.5, 0.6) is 0 Å². The number of aryl methyl sites for hydroxylation is 1. The van der Waals surface area contributed by atoms with Gasteiger partial charge in [0.2, 0.25) is 0 Å². The maximum absolute atomic E-state index is 12.7. The lowest BCUT2D eigenvalue weighted by Gasteiger charge is -2.38. The zero-order chi connectivity index (χ0) is 18.0. The summed E-state index contributed by atoms with van der Waals surface area (Å²) in [4.78, 5) is 4.42. The van der Waals surface area contributed by atoms with Gasteiger partial charge in [-0.1, -0.05) is 12.1 Å². The number of nitrogens with zero attached hydrogens (tertiary/aromatic N) is 2. The second kappa shape index (κ2) is 6.96. The van der Waals surface area contributed by atoms with Crippen LogP contribution in [-0.2, 0) is 12.7 Å². The van der Waals surface area contributed by atoms with Crippen LogP contribution in [0, 0.1) is 6.92 Å². The fraction of sp³-hybridized carbons (Fsp3) is 0.368. The molecule has 1 aliphatic heterocycles. The summed E-state index contributed by atoms with van der Waals surface area (Å²) in [7, 11) is 0. The molecule has 1 fully saturated rings. The smallest absolute Gasteiger partial charge is 0.368 e. The van der Waals surface area contributed by atoms with Crippen LogP contribution in [0.3, 0.4) is 0 Å². The predicted octanol–water partition coefficient (Wildman–Crippen LogP) is 3.80. The van der Waals surface area contributed by atoms with Gasteiger partial charge in [0.05, 0.1) is 5.56 Å². The Morgan fingerprint density at radius 2 is 1.52 bits per heavy atom. The molecule has 2 N–H and O–H groups in total. The molecule has 3 nitrogen and oxygen atoms in total. The van der Waals surface area contributed by atoms with E-state index in [0.717, 1.165) is 55.2 Å². The van der Waals surface area contributed by atoms with Gasteiger partial charge in [0.1, 0.15) is 0 Å². The van der Waals surface area contributed by atoms with Crippen molar-refractivity contribution in [1.82, 2.24) is 0 Å². The molecule has 0 amide bonds. The van der Waals surface area contributed by atoms with E-state index in [1.54, 1.807) is 12.1 Å². The van der Waals surface area contributed by atoms with Crippen molar-refractivity contribution in [2.45, 2.75) is 19.6 Å². The Kier molecular flexibility index (Phi) is 4.90. The Balaban J connectivity index is 1.69. The minimum absolute atomic E-state index is 0.495. The van der Waals surface area contributed by atoms with Crippen LogP contribution in [0.25, 0.3) is 0 Å². The molecule has 0 radical (unpaired) electrons. The first-order valence-corrected chi connectivity index (χ1v) is 8.35. The lowest BCUT2D eigenvalue weighted by Crippen LogP contribution is -2.47. The van der Waals surface area contributed by atoms with Crippen molar-refractivity contribution in [3.63, 3.8) is 0 Å². The van der Waals surface area contributed by atoms with Gasteiger partial charge in [0.15, 0.2) is 0 Å². The minimum atomic E-state index is -4.29. The highest BCUT2D eigenvalue weighted by Crippen LogP contribution is 2.31. The van der Waals surface area contributed by atoms with E-state index in [-0.39, 0.29) is 0 Å². The molecular weight excluding hydrogens is 327 g/mol. The highest BCUT2D eigenvalue weighted by molar-refractivity contribution is 5.57. The average molecular weight is 349 g/mol. The van der Waals surface area contributed by atoms with E-state index < -0.39 is 11.7 Å². The Morgan fingerprint density at radius 1 is 0.920 bits per heavy atom. The summed E-state index contributed by atoms with van der Waals surface area (Å²) in [6, 6.07) is 11.7. The monoisotopic (exact) mass is 349 g/mol. The van der Waals surface area contributed by atoms with E-state index >= 15 is 0 Å². The maximum atomic E-state index is 12.7. The zero-order valence-corrected chi connectivity index (χ0v) is 14.2. The molecular formula is C19H22F3N3. The Morgan fingerprint density at radius 3 is 2.08 bits per heavy atom. The first kappa shape index (κ1) is 17.6. The highest BCUT2D eigenvalue weighted by atomic mass is 19.4. The molecule has 0 unspecified atom stereocenters. The summed E-state index contributed by atoms with van der Waals surface area (Å²) < 4.78 is 38.0. The third-order valence-electron chi connectivity index (χ3n) is 4.64. The SMILES string of the molecule is Cc1ccc(CN)c(N2CCN(c3ccc(C(F)(F)F)cc3)CC2)c1. The standard InChI is InChI=1S/C19H22F3N3/c1-14-2-3-15(13-23)18(12-14)25-10-8-24(9-11-25)17-6-4-16(5-7-17)19(20,21)22/h2-7,12H,8-11,13,23H2,1H3. The third-order valence-corrected chi connectivity index (χ3v) is 4.64. The molecule has 0 atom stereocenters. The second-order valence-corrected chi connectivity index (χ2v) is 6.36. The number of anilines is 2. The van der Waals surface area contributed by atoms with Gasteiger partial charge in [-0.15, -0.1) is 0 Å². The number of hydrogen-bond donors (Lipinski definition) is 1. The van der Waals surface area contributed by atoms with Crippen molar-refractivity contribution in [2.24, 2.45) is 5.73 Å². The molecule has 134 valence electrons. The van der Waals surface area contributed by atoms with Crippen LogP contribution in [0.1, 0.15) is 16.7 Å². The summed E-state index contributed by atoms with van der Waals surface area (Å²) in [6.45, 7) is 5.72. The van der Waals surface area contributed by atoms with Gasteiger partial charge in [-0.3, -0.25) is 0 Å². The van der Waals surface area contributed by atoms with E-state index in [1.807, 2.05) is 0 Å². The summed E-state index contributed by atoms with van der Waals surface area (Å²) in [5.41, 5.74) is 9.54. The molecule has 0 aliphatic carbocycles. The van der Waals surface area contributed by atoms with Crippen LogP contribution < -0.4 is 15.5 Å². The third kappa shape index (κ3) is 3.90. The number of nitrogens with two attached hydrogens (primary N) is 1. The molecule has 6 heteroatoms. The van der Waals surface area contributed by atoms with Gasteiger partial charge in [0, 0.05) is 44.1 Å². The Labute approximate surface area is 145 Å². The molecule has 2 aromatic carbocycles. The Hall–Kier alpha value is -2.21. The largest absolute Gasteiger partial charge is 0.416 e. The van der Waals surface area contributed by atoms with Gasteiger partial charge >= 0.3 is 6.18 Å². The second-order valence-electron chi connectivity index (χ2n) is 6.36. The summed E-state index contributed by atoms with van der Waals surface area (Å²) >= 11 is 0. The molecule has 0 saturated carbocycles. The van der Waals surface area contributed by atoms with Crippen LogP contribution in [0.15, 0.2) is 42.5 Å². The fourth-order valence-corrected chi connectivity index (χ4v) is 3.21. The van der Waals surface area contributed by atoms with E-state index in [4.69, 9.17) is 5.73 Å². The summed E-state index contributed by atoms with van der Waals surface area (Å²) in [5.74, 6) is 0. The van der Waals surface area contributed by atoms with Crippen molar-refractivity contribution in [2.75, 3.05) is 36.0 Å². The number of rotatable bonds is 3. The van der Waals surface area contributed by atoms with Crippen LogP contribution in [-0.4, -0.2) is 26.2 Å². The zero-order valence-electron chi connectivity index (χ0n) is 14.2. The molecule has 25 heavy (non-hydrogen) atoms. The van der Waals surface area contributed by atoms with E-state index in [1.165, 1.54) is 5.56 Å². The molecule has 0 aromatic heterocycles. The molecule has 1 saturated heterocycles. The molecule has 3 rings (SSSR count). The van der Waals surface area contributed by atoms with Crippen molar-refractivity contribution in [3.05, 3.63) is 59.2 Å². The molecule has 2 aromatic rings. The number of piperazine rings is 1. The number of alkyl halides is 3. The average Bonchev–Trinajstić information content (AvgIpc) is 2.61. The normalized spacial score (nSPS) is 15.6. The van der Waals surface area contributed by atoms with E-state index in [0.29, 0.717) is 6.54 Å². The topological polar surface area (TPSA) is 32.5 Å². The van der Waals surface area contributed by atoms with E-state index in [2.05, 4.69) is 34.9 Å². The number of hydrogen-bond acceptors (Lipinski definition) is 3. The van der Waals surface area contributed by atoms with Crippen LogP contribution >= 0.6 is 0 Å². The quantitative estimate of drug-likeness (QED) is 0.915. The first-order valence-electron chi connectivity index (χ1n) is 8.35. The van der Waals surface area contributed by atoms with Gasteiger partial charge in [0.25, 0.3) is 0 Å². The maximum Gasteiger partial charge on any atom is 0.416 e. The van der Waals surface area contributed by atoms with Gasteiger partial charge in [-0.05, 0) is 48.4 Å². The summed E-state index contributed by atoms with van der Waals surface area (Å²) in [5, 5.41) is 0. The molecule has 0 bridgehead atoms. The van der Waals surface area contributed by atoms with Gasteiger partial charge in [-0.25, -0.2) is 0 Å². The first-order chi connectivity index (χ1) is 11.9. The lowest BCUT2D eigenvalue weighted by molar-refractivity contribution is -0.137. The lowest BCUT2D eigenvalue weighted by atomic mass is 10.1. The van der Waals surface area contributed by atoms with Crippen molar-refractivity contribution in [3.8, 4) is 0 Å². The minimum Gasteiger partial charge on any atom is -0.368 e. The van der Waals surface area contributed by atoms with Crippen LogP contribution in [0.4, 0.5) is 24.5 Å². The van der Waals surface area contributed by atoms with Crippen molar-refractivity contribution in [1.29, 1.82) is 0 Å². The van der Waals surface area contributed by atoms with Gasteiger partial charge < -0.3 is 15.5 Å². The van der Waals surface area contributed by atoms with Crippen LogP contribution in [0.2, 0.25) is 0 Å². The molecule has 1 aliphatic rings. The van der Waals surface area contributed by atoms with Gasteiger partial charge in [-0.2, -0.15) is 13.2 Å². The molecule has 1 heterocycles.